The van der Waals surface area contributed by atoms with E-state index in [1.807, 2.05) is 6.26 Å². The van der Waals surface area contributed by atoms with E-state index in [1.54, 1.807) is 17.2 Å². The van der Waals surface area contributed by atoms with E-state index in [9.17, 15) is 4.79 Å². The number of aliphatic carboxylic acids is 1. The van der Waals surface area contributed by atoms with Crippen LogP contribution < -0.4 is 5.48 Å². The van der Waals surface area contributed by atoms with Gasteiger partial charge in [-0.2, -0.15) is 17.2 Å². The molecule has 62 valence electrons. The Bertz CT molecular complexity index is 114. The third-order valence-electron chi connectivity index (χ3n) is 1.06. The maximum atomic E-state index is 10.2. The molecular formula is C5H11NO3SZn. The normalized spacial score (nSPS) is 11.8. The van der Waals surface area contributed by atoms with Gasteiger partial charge in [0.25, 0.3) is 0 Å². The molecule has 3 N–H and O–H groups in total. The van der Waals surface area contributed by atoms with E-state index in [4.69, 9.17) is 10.3 Å². The summed E-state index contributed by atoms with van der Waals surface area (Å²) in [7, 11) is 0. The third kappa shape index (κ3) is 6.75. The minimum atomic E-state index is -1.02. The third-order valence-corrected chi connectivity index (χ3v) is 1.71. The average Bonchev–Trinajstić information content (AvgIpc) is 1.89. The molecule has 0 aromatic heterocycles. The predicted molar refractivity (Wildman–Crippen MR) is 39.3 cm³/mol. The molecule has 0 aromatic rings. The molecule has 1 unspecified atom stereocenters. The molecule has 0 spiro atoms. The predicted octanol–water partition coefficient (Wildman–Crippen LogP) is 0.169. The Kier molecular flexibility index (Phi) is 10.7. The van der Waals surface area contributed by atoms with Crippen LogP contribution in [0.5, 0.6) is 0 Å². The number of rotatable bonds is 5. The standard InChI is InChI=1S/C5H11NO3S.Zn/c1-10-3-2-4(6-9)5(7)8;/h4,6,9H,2-3H2,1H3,(H,7,8);. The van der Waals surface area contributed by atoms with E-state index in [0.29, 0.717) is 6.42 Å². The van der Waals surface area contributed by atoms with Crippen LogP contribution in [0.15, 0.2) is 0 Å². The van der Waals surface area contributed by atoms with Crippen LogP contribution in [0.3, 0.4) is 0 Å². The number of thioether (sulfide) groups is 1. The van der Waals surface area contributed by atoms with Crippen molar-refractivity contribution in [1.82, 2.24) is 5.48 Å². The smallest absolute Gasteiger partial charge is 0.323 e. The summed E-state index contributed by atoms with van der Waals surface area (Å²) in [5.41, 5.74) is 1.72. The van der Waals surface area contributed by atoms with Gasteiger partial charge in [-0.1, -0.05) is 0 Å². The van der Waals surface area contributed by atoms with Gasteiger partial charge in [-0.3, -0.25) is 4.79 Å². The second-order valence-corrected chi connectivity index (χ2v) is 2.79. The van der Waals surface area contributed by atoms with Gasteiger partial charge in [0, 0.05) is 19.5 Å². The zero-order valence-electron chi connectivity index (χ0n) is 6.41. The number of nitrogens with one attached hydrogen (secondary N) is 1. The van der Waals surface area contributed by atoms with Crippen molar-refractivity contribution in [3.63, 3.8) is 0 Å². The molecule has 0 aliphatic carbocycles. The molecule has 11 heavy (non-hydrogen) atoms. The monoisotopic (exact) mass is 229 g/mol. The van der Waals surface area contributed by atoms with Crippen molar-refractivity contribution in [3.05, 3.63) is 0 Å². The number of carbonyl (C=O) groups is 1. The number of carboxylic acid groups (broad SMARTS) is 1. The number of hydrogen-bond donors (Lipinski definition) is 3. The molecule has 0 fully saturated rings. The molecule has 0 heterocycles. The van der Waals surface area contributed by atoms with Gasteiger partial charge >= 0.3 is 5.97 Å². The van der Waals surface area contributed by atoms with Crippen LogP contribution in [0, 0.1) is 0 Å². The van der Waals surface area contributed by atoms with E-state index < -0.39 is 12.0 Å². The molecule has 0 radical (unpaired) electrons. The number of carboxylic acids is 1. The Morgan fingerprint density at radius 1 is 1.73 bits per heavy atom. The Morgan fingerprint density at radius 2 is 2.27 bits per heavy atom. The second-order valence-electron chi connectivity index (χ2n) is 1.80. The van der Waals surface area contributed by atoms with Gasteiger partial charge in [-0.25, -0.2) is 0 Å². The quantitative estimate of drug-likeness (QED) is 0.464. The van der Waals surface area contributed by atoms with Gasteiger partial charge in [0.15, 0.2) is 0 Å². The minimum absolute atomic E-state index is 0. The van der Waals surface area contributed by atoms with Gasteiger partial charge in [0.2, 0.25) is 0 Å². The molecule has 0 saturated carbocycles. The average molecular weight is 231 g/mol. The van der Waals surface area contributed by atoms with Gasteiger partial charge < -0.3 is 10.3 Å². The van der Waals surface area contributed by atoms with Crippen molar-refractivity contribution >= 4 is 17.7 Å². The van der Waals surface area contributed by atoms with Crippen LogP contribution in [0.4, 0.5) is 0 Å². The fourth-order valence-electron chi connectivity index (χ4n) is 0.479. The summed E-state index contributed by atoms with van der Waals surface area (Å²) in [4.78, 5) is 10.2. The van der Waals surface area contributed by atoms with Crippen LogP contribution >= 0.6 is 11.8 Å². The van der Waals surface area contributed by atoms with Crippen molar-refractivity contribution in [2.75, 3.05) is 12.0 Å². The molecule has 0 bridgehead atoms. The summed E-state index contributed by atoms with van der Waals surface area (Å²) in [6.07, 6.45) is 2.32. The molecule has 1 atom stereocenters. The van der Waals surface area contributed by atoms with Crippen molar-refractivity contribution in [1.29, 1.82) is 0 Å². The fourth-order valence-corrected chi connectivity index (χ4v) is 0.950. The molecule has 0 amide bonds. The van der Waals surface area contributed by atoms with Crippen molar-refractivity contribution in [2.24, 2.45) is 0 Å². The Labute approximate surface area is 82.5 Å². The largest absolute Gasteiger partial charge is 0.480 e. The summed E-state index contributed by atoms with van der Waals surface area (Å²) < 4.78 is 0. The van der Waals surface area contributed by atoms with Crippen LogP contribution in [0.2, 0.25) is 0 Å². The molecule has 4 nitrogen and oxygen atoms in total. The number of hydroxylamine groups is 1. The molecule has 0 saturated heterocycles. The summed E-state index contributed by atoms with van der Waals surface area (Å²) in [6.45, 7) is 0. The van der Waals surface area contributed by atoms with Gasteiger partial charge in [0.05, 0.1) is 0 Å². The molecule has 0 aliphatic heterocycles. The topological polar surface area (TPSA) is 69.6 Å². The zero-order valence-corrected chi connectivity index (χ0v) is 10.2. The SMILES string of the molecule is CSCCC(NO)C(=O)O.[Zn]. The first-order valence-electron chi connectivity index (χ1n) is 2.83. The minimum Gasteiger partial charge on any atom is -0.480 e. The second kappa shape index (κ2) is 8.46. The molecule has 0 aromatic carbocycles. The summed E-state index contributed by atoms with van der Waals surface area (Å²) in [5, 5.41) is 16.7. The van der Waals surface area contributed by atoms with E-state index >= 15 is 0 Å². The summed E-state index contributed by atoms with van der Waals surface area (Å²) in [5.74, 6) is -0.290. The fraction of sp³-hybridized carbons (Fsp3) is 0.800. The van der Waals surface area contributed by atoms with Gasteiger partial charge in [-0.15, -0.1) is 0 Å². The van der Waals surface area contributed by atoms with Gasteiger partial charge in [-0.05, 0) is 18.4 Å². The van der Waals surface area contributed by atoms with Gasteiger partial charge in [0.1, 0.15) is 6.04 Å². The summed E-state index contributed by atoms with van der Waals surface area (Å²) in [6, 6.07) is -0.826. The van der Waals surface area contributed by atoms with Crippen LogP contribution in [0.25, 0.3) is 0 Å². The van der Waals surface area contributed by atoms with Crippen molar-refractivity contribution in [3.8, 4) is 0 Å². The Morgan fingerprint density at radius 3 is 2.55 bits per heavy atom. The first kappa shape index (κ1) is 13.9. The number of hydrogen-bond acceptors (Lipinski definition) is 4. The maximum absolute atomic E-state index is 10.2. The van der Waals surface area contributed by atoms with E-state index in [0.717, 1.165) is 5.75 Å². The first-order chi connectivity index (χ1) is 4.72. The van der Waals surface area contributed by atoms with Crippen LogP contribution in [-0.4, -0.2) is 34.3 Å². The molecule has 6 heteroatoms. The Hall–Kier alpha value is 0.363. The molecular weight excluding hydrogens is 220 g/mol. The zero-order chi connectivity index (χ0) is 7.98. The van der Waals surface area contributed by atoms with E-state index in [2.05, 4.69) is 0 Å². The van der Waals surface area contributed by atoms with Crippen molar-refractivity contribution < 1.29 is 34.6 Å². The van der Waals surface area contributed by atoms with Crippen LogP contribution in [-0.2, 0) is 24.3 Å². The Balaban J connectivity index is 0. The maximum Gasteiger partial charge on any atom is 0.323 e. The van der Waals surface area contributed by atoms with Crippen molar-refractivity contribution in [2.45, 2.75) is 12.5 Å². The van der Waals surface area contributed by atoms with E-state index in [1.165, 1.54) is 0 Å². The van der Waals surface area contributed by atoms with Crippen LogP contribution in [0.1, 0.15) is 6.42 Å². The first-order valence-corrected chi connectivity index (χ1v) is 4.23. The van der Waals surface area contributed by atoms with E-state index in [-0.39, 0.29) is 19.5 Å². The molecule has 0 rings (SSSR count). The summed E-state index contributed by atoms with van der Waals surface area (Å²) >= 11 is 1.55. The molecule has 0 aliphatic rings.